The number of carbonyl (C=O) groups is 3. The minimum atomic E-state index is -0.256. The minimum Gasteiger partial charge on any atom is -0.337 e. The van der Waals surface area contributed by atoms with Gasteiger partial charge >= 0.3 is 0 Å². The number of ketones is 1. The molecule has 0 aliphatic carbocycles. The van der Waals surface area contributed by atoms with Crippen molar-refractivity contribution in [1.82, 2.24) is 9.88 Å². The standard InChI is InChI=1S/C30H23N3O3S2/c1-18(34)33-16-15-22-25(17-33)38-30(26(22)29-31-23-9-5-6-10-24(23)37-29)32-28(36)21-13-11-20(12-14-21)27(35)19-7-3-2-4-8-19/h2-14H,15-17H2,1H3,(H,32,36). The van der Waals surface area contributed by atoms with Crippen LogP contribution in [-0.4, -0.2) is 34.0 Å². The van der Waals surface area contributed by atoms with Crippen molar-refractivity contribution in [2.75, 3.05) is 11.9 Å². The van der Waals surface area contributed by atoms with Gasteiger partial charge in [0.1, 0.15) is 10.0 Å². The van der Waals surface area contributed by atoms with Crippen LogP contribution in [0.5, 0.6) is 0 Å². The number of nitrogens with one attached hydrogen (secondary N) is 1. The Morgan fingerprint density at radius 1 is 0.842 bits per heavy atom. The highest BCUT2D eigenvalue weighted by Gasteiger charge is 2.28. The molecule has 3 heterocycles. The van der Waals surface area contributed by atoms with E-state index in [9.17, 15) is 14.4 Å². The van der Waals surface area contributed by atoms with Crippen molar-refractivity contribution in [2.24, 2.45) is 0 Å². The summed E-state index contributed by atoms with van der Waals surface area (Å²) in [7, 11) is 0. The highest BCUT2D eigenvalue weighted by molar-refractivity contribution is 7.23. The summed E-state index contributed by atoms with van der Waals surface area (Å²) >= 11 is 3.10. The smallest absolute Gasteiger partial charge is 0.256 e. The van der Waals surface area contributed by atoms with Crippen LogP contribution in [-0.2, 0) is 17.8 Å². The second-order valence-electron chi connectivity index (χ2n) is 9.11. The predicted molar refractivity (Wildman–Crippen MR) is 152 cm³/mol. The number of aromatic nitrogens is 1. The van der Waals surface area contributed by atoms with Crippen LogP contribution in [0.2, 0.25) is 0 Å². The minimum absolute atomic E-state index is 0.0429. The first-order valence-corrected chi connectivity index (χ1v) is 13.9. The van der Waals surface area contributed by atoms with Crippen molar-refractivity contribution >= 4 is 55.5 Å². The number of anilines is 1. The fourth-order valence-corrected chi connectivity index (χ4v) is 7.04. The maximum atomic E-state index is 13.3. The quantitative estimate of drug-likeness (QED) is 0.263. The molecule has 5 aromatic rings. The van der Waals surface area contributed by atoms with Crippen molar-refractivity contribution in [2.45, 2.75) is 19.9 Å². The largest absolute Gasteiger partial charge is 0.337 e. The Hall–Kier alpha value is -4.14. The SMILES string of the molecule is CC(=O)N1CCc2c(sc(NC(=O)c3ccc(C(=O)c4ccccc4)cc3)c2-c2nc3ccccc3s2)C1. The number of hydrogen-bond donors (Lipinski definition) is 1. The topological polar surface area (TPSA) is 79.4 Å². The Labute approximate surface area is 227 Å². The van der Waals surface area contributed by atoms with Gasteiger partial charge in [-0.05, 0) is 36.2 Å². The van der Waals surface area contributed by atoms with E-state index in [-0.39, 0.29) is 17.6 Å². The van der Waals surface area contributed by atoms with Gasteiger partial charge in [0.2, 0.25) is 5.91 Å². The van der Waals surface area contributed by atoms with E-state index in [1.807, 2.05) is 47.4 Å². The zero-order chi connectivity index (χ0) is 26.2. The number of hydrogen-bond acceptors (Lipinski definition) is 6. The maximum absolute atomic E-state index is 13.3. The molecule has 6 nitrogen and oxygen atoms in total. The van der Waals surface area contributed by atoms with Crippen molar-refractivity contribution in [1.29, 1.82) is 0 Å². The Balaban J connectivity index is 1.32. The molecule has 2 aromatic heterocycles. The summed E-state index contributed by atoms with van der Waals surface area (Å²) in [5.41, 5.74) is 4.60. The van der Waals surface area contributed by atoms with Crippen molar-refractivity contribution in [3.63, 3.8) is 0 Å². The monoisotopic (exact) mass is 537 g/mol. The van der Waals surface area contributed by atoms with E-state index in [0.29, 0.717) is 36.2 Å². The fourth-order valence-electron chi connectivity index (χ4n) is 4.67. The molecule has 38 heavy (non-hydrogen) atoms. The molecular weight excluding hydrogens is 514 g/mol. The first-order chi connectivity index (χ1) is 18.5. The molecule has 0 unspecified atom stereocenters. The summed E-state index contributed by atoms with van der Waals surface area (Å²) < 4.78 is 1.08. The lowest BCUT2D eigenvalue weighted by Gasteiger charge is -2.26. The third-order valence-electron chi connectivity index (χ3n) is 6.68. The van der Waals surface area contributed by atoms with E-state index >= 15 is 0 Å². The highest BCUT2D eigenvalue weighted by atomic mass is 32.1. The number of thiophene rings is 1. The van der Waals surface area contributed by atoms with E-state index in [1.54, 1.807) is 54.7 Å². The van der Waals surface area contributed by atoms with Gasteiger partial charge in [-0.15, -0.1) is 22.7 Å². The molecule has 0 saturated heterocycles. The molecule has 0 saturated carbocycles. The summed E-state index contributed by atoms with van der Waals surface area (Å²) in [6.07, 6.45) is 0.711. The second-order valence-corrected chi connectivity index (χ2v) is 11.2. The van der Waals surface area contributed by atoms with Gasteiger partial charge in [0.15, 0.2) is 5.78 Å². The molecule has 6 rings (SSSR count). The van der Waals surface area contributed by atoms with Crippen LogP contribution in [0.3, 0.4) is 0 Å². The Morgan fingerprint density at radius 3 is 2.26 bits per heavy atom. The molecule has 1 aliphatic heterocycles. The lowest BCUT2D eigenvalue weighted by Crippen LogP contribution is -2.33. The van der Waals surface area contributed by atoms with Crippen molar-refractivity contribution in [3.05, 3.63) is 106 Å². The van der Waals surface area contributed by atoms with E-state index < -0.39 is 0 Å². The van der Waals surface area contributed by atoms with Crippen molar-refractivity contribution < 1.29 is 14.4 Å². The lowest BCUT2D eigenvalue weighted by atomic mass is 10.0. The highest BCUT2D eigenvalue weighted by Crippen LogP contribution is 2.45. The summed E-state index contributed by atoms with van der Waals surface area (Å²) in [5, 5.41) is 4.70. The Kier molecular flexibility index (Phi) is 6.35. The van der Waals surface area contributed by atoms with E-state index in [1.165, 1.54) is 11.3 Å². The van der Waals surface area contributed by atoms with Gasteiger partial charge in [-0.3, -0.25) is 14.4 Å². The van der Waals surface area contributed by atoms with Gasteiger partial charge in [0.05, 0.1) is 16.8 Å². The summed E-state index contributed by atoms with van der Waals surface area (Å²) in [6, 6.07) is 23.8. The number of carbonyl (C=O) groups excluding carboxylic acids is 3. The molecule has 0 fully saturated rings. The van der Waals surface area contributed by atoms with Gasteiger partial charge in [-0.1, -0.05) is 54.6 Å². The maximum Gasteiger partial charge on any atom is 0.256 e. The first-order valence-electron chi connectivity index (χ1n) is 12.2. The summed E-state index contributed by atoms with van der Waals surface area (Å²) in [6.45, 7) is 2.75. The Morgan fingerprint density at radius 2 is 1.53 bits per heavy atom. The Bertz CT molecular complexity index is 1650. The molecule has 8 heteroatoms. The molecule has 2 amide bonds. The zero-order valence-corrected chi connectivity index (χ0v) is 22.2. The van der Waals surface area contributed by atoms with E-state index in [0.717, 1.165) is 36.2 Å². The van der Waals surface area contributed by atoms with Gasteiger partial charge in [-0.25, -0.2) is 4.98 Å². The molecule has 0 spiro atoms. The van der Waals surface area contributed by atoms with Gasteiger partial charge in [-0.2, -0.15) is 0 Å². The average Bonchev–Trinajstić information content (AvgIpc) is 3.53. The van der Waals surface area contributed by atoms with Crippen LogP contribution in [0.15, 0.2) is 78.9 Å². The van der Waals surface area contributed by atoms with Crippen LogP contribution in [0.1, 0.15) is 43.6 Å². The number of para-hydroxylation sites is 1. The zero-order valence-electron chi connectivity index (χ0n) is 20.6. The van der Waals surface area contributed by atoms with Gasteiger partial charge in [0.25, 0.3) is 5.91 Å². The van der Waals surface area contributed by atoms with Crippen LogP contribution in [0.25, 0.3) is 20.8 Å². The number of fused-ring (bicyclic) bond motifs is 2. The first kappa shape index (κ1) is 24.2. The van der Waals surface area contributed by atoms with Crippen molar-refractivity contribution in [3.8, 4) is 10.6 Å². The number of rotatable bonds is 5. The average molecular weight is 538 g/mol. The number of amides is 2. The number of thiazole rings is 1. The molecule has 0 atom stereocenters. The number of nitrogens with zero attached hydrogens (tertiary/aromatic N) is 2. The molecule has 1 N–H and O–H groups in total. The molecule has 1 aliphatic rings. The molecule has 188 valence electrons. The molecule has 0 radical (unpaired) electrons. The van der Waals surface area contributed by atoms with Crippen LogP contribution >= 0.6 is 22.7 Å². The van der Waals surface area contributed by atoms with Crippen LogP contribution in [0, 0.1) is 0 Å². The summed E-state index contributed by atoms with van der Waals surface area (Å²) in [4.78, 5) is 45.9. The molecule has 0 bridgehead atoms. The molecule has 3 aromatic carbocycles. The third-order valence-corrected chi connectivity index (χ3v) is 8.87. The van der Waals surface area contributed by atoms with E-state index in [2.05, 4.69) is 5.32 Å². The normalized spacial score (nSPS) is 12.8. The van der Waals surface area contributed by atoms with Gasteiger partial charge in [0, 0.05) is 40.6 Å². The fraction of sp³-hybridized carbons (Fsp3) is 0.133. The predicted octanol–water partition coefficient (Wildman–Crippen LogP) is 6.41. The number of benzene rings is 3. The van der Waals surface area contributed by atoms with Crippen LogP contribution in [0.4, 0.5) is 5.00 Å². The summed E-state index contributed by atoms with van der Waals surface area (Å²) in [5.74, 6) is -0.300. The molecular formula is C30H23N3O3S2. The lowest BCUT2D eigenvalue weighted by molar-refractivity contribution is -0.129. The van der Waals surface area contributed by atoms with Gasteiger partial charge < -0.3 is 10.2 Å². The van der Waals surface area contributed by atoms with E-state index in [4.69, 9.17) is 4.98 Å². The van der Waals surface area contributed by atoms with Crippen LogP contribution < -0.4 is 5.32 Å². The second kappa shape index (κ2) is 9.96. The third kappa shape index (κ3) is 4.53.